The van der Waals surface area contributed by atoms with Gasteiger partial charge in [-0.1, -0.05) is 12.1 Å². The van der Waals surface area contributed by atoms with E-state index >= 15 is 0 Å². The molecule has 2 heterocycles. The summed E-state index contributed by atoms with van der Waals surface area (Å²) < 4.78 is 11.6. The number of para-hydroxylation sites is 2. The molecule has 1 saturated heterocycles. The molecule has 0 atom stereocenters. The number of nitrogens with one attached hydrogen (secondary N) is 1. The molecule has 2 aromatic carbocycles. The zero-order chi connectivity index (χ0) is 21.3. The first-order valence-corrected chi connectivity index (χ1v) is 10.2. The first-order chi connectivity index (χ1) is 14.3. The van der Waals surface area contributed by atoms with Crippen molar-refractivity contribution < 1.29 is 14.3 Å². The number of nitrogens with zero attached hydrogens (tertiary/aromatic N) is 3. The van der Waals surface area contributed by atoms with Crippen molar-refractivity contribution in [1.29, 1.82) is 0 Å². The van der Waals surface area contributed by atoms with Crippen molar-refractivity contribution >= 4 is 17.6 Å². The highest BCUT2D eigenvalue weighted by Crippen LogP contribution is 2.39. The average molecular weight is 409 g/mol. The van der Waals surface area contributed by atoms with Gasteiger partial charge in [-0.2, -0.15) is 0 Å². The van der Waals surface area contributed by atoms with Crippen molar-refractivity contribution in [1.82, 2.24) is 15.1 Å². The van der Waals surface area contributed by atoms with Gasteiger partial charge in [0.25, 0.3) is 0 Å². The molecule has 1 N–H and O–H groups in total. The summed E-state index contributed by atoms with van der Waals surface area (Å²) in [6, 6.07) is 13.5. The van der Waals surface area contributed by atoms with Crippen molar-refractivity contribution in [3.05, 3.63) is 48.0 Å². The summed E-state index contributed by atoms with van der Waals surface area (Å²) in [5, 5.41) is 3.04. The van der Waals surface area contributed by atoms with Gasteiger partial charge in [0, 0.05) is 31.7 Å². The molecule has 0 radical (unpaired) electrons. The normalized spacial score (nSPS) is 15.9. The zero-order valence-electron chi connectivity index (χ0n) is 17.9. The third kappa shape index (κ3) is 4.20. The van der Waals surface area contributed by atoms with Gasteiger partial charge < -0.3 is 24.6 Å². The number of ether oxygens (including phenoxy) is 2. The Hall–Kier alpha value is -3.22. The van der Waals surface area contributed by atoms with Gasteiger partial charge in [0.05, 0.1) is 12.7 Å². The summed E-state index contributed by atoms with van der Waals surface area (Å²) in [4.78, 5) is 21.5. The number of rotatable bonds is 1. The summed E-state index contributed by atoms with van der Waals surface area (Å²) in [7, 11) is 1.65. The van der Waals surface area contributed by atoms with Crippen LogP contribution in [0.5, 0.6) is 17.2 Å². The molecule has 7 heteroatoms. The number of hydrogen-bond acceptors (Lipinski definition) is 5. The highest BCUT2D eigenvalue weighted by molar-refractivity contribution is 6.04. The third-order valence-electron chi connectivity index (χ3n) is 5.09. The lowest BCUT2D eigenvalue weighted by Gasteiger charge is -2.37. The molecule has 0 spiro atoms. The second-order valence-corrected chi connectivity index (χ2v) is 8.52. The Morgan fingerprint density at radius 2 is 1.80 bits per heavy atom. The highest BCUT2D eigenvalue weighted by Gasteiger charge is 2.29. The summed E-state index contributed by atoms with van der Waals surface area (Å²) in [5.41, 5.74) is 1.42. The number of carbonyl (C=O) groups is 1. The number of piperazine rings is 1. The van der Waals surface area contributed by atoms with Crippen molar-refractivity contribution in [2.75, 3.05) is 33.3 Å². The largest absolute Gasteiger partial charge is 0.497 e. The van der Waals surface area contributed by atoms with E-state index in [1.807, 2.05) is 68.1 Å². The fraction of sp³-hybridized carbons (Fsp3) is 0.391. The van der Waals surface area contributed by atoms with Crippen molar-refractivity contribution in [3.8, 4) is 17.2 Å². The molecule has 0 bridgehead atoms. The van der Waals surface area contributed by atoms with Gasteiger partial charge in [0.15, 0.2) is 5.75 Å². The summed E-state index contributed by atoms with van der Waals surface area (Å²) in [6.45, 7) is 8.60. The van der Waals surface area contributed by atoms with Gasteiger partial charge in [-0.15, -0.1) is 0 Å². The molecule has 4 rings (SSSR count). The molecule has 30 heavy (non-hydrogen) atoms. The number of aliphatic imine (C=N–C) groups is 1. The second kappa shape index (κ2) is 7.89. The molecule has 2 aliphatic heterocycles. The average Bonchev–Trinajstić information content (AvgIpc) is 2.88. The fourth-order valence-corrected chi connectivity index (χ4v) is 3.59. The molecule has 0 aliphatic carbocycles. The Balaban J connectivity index is 1.62. The van der Waals surface area contributed by atoms with Crippen LogP contribution in [0.25, 0.3) is 0 Å². The van der Waals surface area contributed by atoms with Crippen molar-refractivity contribution in [2.45, 2.75) is 26.3 Å². The fourth-order valence-electron chi connectivity index (χ4n) is 3.59. The van der Waals surface area contributed by atoms with Crippen LogP contribution in [0.2, 0.25) is 0 Å². The van der Waals surface area contributed by atoms with Crippen LogP contribution in [-0.2, 0) is 0 Å². The van der Waals surface area contributed by atoms with E-state index in [-0.39, 0.29) is 11.6 Å². The van der Waals surface area contributed by atoms with Crippen LogP contribution >= 0.6 is 0 Å². The van der Waals surface area contributed by atoms with Crippen LogP contribution in [0, 0.1) is 0 Å². The Morgan fingerprint density at radius 1 is 1.07 bits per heavy atom. The summed E-state index contributed by atoms with van der Waals surface area (Å²) >= 11 is 0. The predicted molar refractivity (Wildman–Crippen MR) is 117 cm³/mol. The third-order valence-corrected chi connectivity index (χ3v) is 5.09. The SMILES string of the molecule is COc1ccc2c(c1)C(N1CCN(C(=O)NC(C)(C)C)CC1)=Nc1ccccc1O2. The number of hydrogen-bond donors (Lipinski definition) is 1. The first kappa shape index (κ1) is 20.1. The predicted octanol–water partition coefficient (Wildman–Crippen LogP) is 4.00. The number of urea groups is 1. The van der Waals surface area contributed by atoms with Crippen molar-refractivity contribution in [3.63, 3.8) is 0 Å². The molecular formula is C23H28N4O3. The summed E-state index contributed by atoms with van der Waals surface area (Å²) in [5.74, 6) is 3.05. The monoisotopic (exact) mass is 408 g/mol. The lowest BCUT2D eigenvalue weighted by molar-refractivity contribution is 0.162. The molecule has 2 aromatic rings. The van der Waals surface area contributed by atoms with Crippen LogP contribution in [0.15, 0.2) is 47.5 Å². The van der Waals surface area contributed by atoms with E-state index in [0.717, 1.165) is 34.3 Å². The molecule has 0 unspecified atom stereocenters. The van der Waals surface area contributed by atoms with E-state index in [0.29, 0.717) is 26.2 Å². The lowest BCUT2D eigenvalue weighted by atomic mass is 10.1. The number of amidine groups is 1. The first-order valence-electron chi connectivity index (χ1n) is 10.2. The maximum Gasteiger partial charge on any atom is 0.317 e. The Labute approximate surface area is 177 Å². The topological polar surface area (TPSA) is 66.4 Å². The Bertz CT molecular complexity index is 973. The molecule has 2 amide bonds. The number of amides is 2. The highest BCUT2D eigenvalue weighted by atomic mass is 16.5. The van der Waals surface area contributed by atoms with E-state index < -0.39 is 0 Å². The van der Waals surface area contributed by atoms with E-state index in [9.17, 15) is 4.79 Å². The lowest BCUT2D eigenvalue weighted by Crippen LogP contribution is -2.56. The smallest absolute Gasteiger partial charge is 0.317 e. The molecule has 0 aromatic heterocycles. The molecular weight excluding hydrogens is 380 g/mol. The quantitative estimate of drug-likeness (QED) is 0.774. The molecule has 0 saturated carbocycles. The standard InChI is InChI=1S/C23H28N4O3/c1-23(2,3)25-22(28)27-13-11-26(12-14-27)21-17-15-16(29-4)9-10-19(17)30-20-8-6-5-7-18(20)24-21/h5-10,15H,11-14H2,1-4H3,(H,25,28). The number of methoxy groups -OCH3 is 1. The zero-order valence-corrected chi connectivity index (χ0v) is 17.9. The number of benzene rings is 2. The minimum absolute atomic E-state index is 0.0271. The van der Waals surface area contributed by atoms with Crippen LogP contribution in [0.4, 0.5) is 10.5 Å². The van der Waals surface area contributed by atoms with E-state index in [2.05, 4.69) is 10.2 Å². The second-order valence-electron chi connectivity index (χ2n) is 8.52. The Morgan fingerprint density at radius 3 is 2.50 bits per heavy atom. The van der Waals surface area contributed by atoms with Gasteiger partial charge >= 0.3 is 6.03 Å². The molecule has 7 nitrogen and oxygen atoms in total. The maximum atomic E-state index is 12.5. The maximum absolute atomic E-state index is 12.5. The number of fused-ring (bicyclic) bond motifs is 2. The molecule has 1 fully saturated rings. The summed E-state index contributed by atoms with van der Waals surface area (Å²) in [6.07, 6.45) is 0. The van der Waals surface area contributed by atoms with Crippen LogP contribution in [0.1, 0.15) is 26.3 Å². The van der Waals surface area contributed by atoms with Crippen molar-refractivity contribution in [2.24, 2.45) is 4.99 Å². The van der Waals surface area contributed by atoms with E-state index in [1.165, 1.54) is 0 Å². The van der Waals surface area contributed by atoms with Gasteiger partial charge in [0.1, 0.15) is 23.0 Å². The van der Waals surface area contributed by atoms with Crippen LogP contribution < -0.4 is 14.8 Å². The minimum Gasteiger partial charge on any atom is -0.497 e. The molecule has 158 valence electrons. The van der Waals surface area contributed by atoms with Crippen LogP contribution in [-0.4, -0.2) is 60.5 Å². The van der Waals surface area contributed by atoms with E-state index in [1.54, 1.807) is 7.11 Å². The Kier molecular flexibility index (Phi) is 5.28. The number of carbonyl (C=O) groups excluding carboxylic acids is 1. The van der Waals surface area contributed by atoms with Gasteiger partial charge in [-0.3, -0.25) is 0 Å². The van der Waals surface area contributed by atoms with Gasteiger partial charge in [-0.05, 0) is 51.1 Å². The van der Waals surface area contributed by atoms with Crippen LogP contribution in [0.3, 0.4) is 0 Å². The molecule has 2 aliphatic rings. The van der Waals surface area contributed by atoms with Gasteiger partial charge in [-0.25, -0.2) is 9.79 Å². The minimum atomic E-state index is -0.254. The van der Waals surface area contributed by atoms with E-state index in [4.69, 9.17) is 14.5 Å². The van der Waals surface area contributed by atoms with Gasteiger partial charge in [0.2, 0.25) is 0 Å².